The number of hydrogen-bond donors (Lipinski definition) is 0. The lowest BCUT2D eigenvalue weighted by Gasteiger charge is -2.15. The van der Waals surface area contributed by atoms with Gasteiger partial charge in [-0.3, -0.25) is 4.79 Å². The second-order valence-electron chi connectivity index (χ2n) is 5.36. The van der Waals surface area contributed by atoms with Crippen LogP contribution in [0.4, 0.5) is 0 Å². The third kappa shape index (κ3) is 2.22. The number of aromatic nitrogens is 2. The highest BCUT2D eigenvalue weighted by atomic mass is 16.2. The molecule has 0 bridgehead atoms. The van der Waals surface area contributed by atoms with Gasteiger partial charge in [0.1, 0.15) is 5.82 Å². The molecule has 20 heavy (non-hydrogen) atoms. The Hall–Kier alpha value is -2.10. The lowest BCUT2D eigenvalue weighted by atomic mass is 10.2. The van der Waals surface area contributed by atoms with Gasteiger partial charge < -0.3 is 9.47 Å². The van der Waals surface area contributed by atoms with Gasteiger partial charge in [0.2, 0.25) is 0 Å². The summed E-state index contributed by atoms with van der Waals surface area (Å²) in [6, 6.07) is 7.94. The molecular weight excluding hydrogens is 250 g/mol. The van der Waals surface area contributed by atoms with E-state index in [1.807, 2.05) is 17.0 Å². The first-order valence-corrected chi connectivity index (χ1v) is 7.07. The van der Waals surface area contributed by atoms with E-state index < -0.39 is 0 Å². The lowest BCUT2D eigenvalue weighted by Crippen LogP contribution is -2.27. The molecule has 0 aromatic carbocycles. The van der Waals surface area contributed by atoms with Crippen LogP contribution in [0.2, 0.25) is 0 Å². The fourth-order valence-corrected chi connectivity index (χ4v) is 2.78. The molecule has 0 saturated carbocycles. The third-order valence-electron chi connectivity index (χ3n) is 3.89. The molecule has 1 saturated heterocycles. The van der Waals surface area contributed by atoms with Gasteiger partial charge in [-0.25, -0.2) is 4.98 Å². The van der Waals surface area contributed by atoms with Crippen molar-refractivity contribution in [2.45, 2.75) is 26.7 Å². The van der Waals surface area contributed by atoms with Gasteiger partial charge in [-0.15, -0.1) is 0 Å². The van der Waals surface area contributed by atoms with E-state index in [4.69, 9.17) is 0 Å². The number of amides is 1. The Morgan fingerprint density at radius 1 is 1.05 bits per heavy atom. The van der Waals surface area contributed by atoms with E-state index in [0.29, 0.717) is 5.56 Å². The summed E-state index contributed by atoms with van der Waals surface area (Å²) in [7, 11) is 0. The monoisotopic (exact) mass is 269 g/mol. The average molecular weight is 269 g/mol. The van der Waals surface area contributed by atoms with Gasteiger partial charge in [-0.05, 0) is 51.0 Å². The molecule has 104 valence electrons. The Morgan fingerprint density at radius 3 is 2.25 bits per heavy atom. The van der Waals surface area contributed by atoms with Crippen LogP contribution < -0.4 is 0 Å². The summed E-state index contributed by atoms with van der Waals surface area (Å²) in [6.07, 6.45) is 3.91. The van der Waals surface area contributed by atoms with Crippen molar-refractivity contribution in [3.05, 3.63) is 47.4 Å². The Morgan fingerprint density at radius 2 is 1.70 bits per heavy atom. The molecule has 0 atom stereocenters. The van der Waals surface area contributed by atoms with Crippen LogP contribution in [0.25, 0.3) is 5.82 Å². The topological polar surface area (TPSA) is 38.1 Å². The number of nitrogens with zero attached hydrogens (tertiary/aromatic N) is 3. The van der Waals surface area contributed by atoms with Crippen molar-refractivity contribution in [1.29, 1.82) is 0 Å². The number of pyridine rings is 1. The molecule has 2 aromatic rings. The van der Waals surface area contributed by atoms with Crippen molar-refractivity contribution >= 4 is 5.91 Å². The van der Waals surface area contributed by atoms with Crippen LogP contribution in [0.1, 0.15) is 34.6 Å². The Bertz CT molecular complexity index is 602. The van der Waals surface area contributed by atoms with Gasteiger partial charge in [0.05, 0.1) is 5.56 Å². The average Bonchev–Trinajstić information content (AvgIpc) is 3.09. The van der Waals surface area contributed by atoms with Gasteiger partial charge in [-0.1, -0.05) is 0 Å². The first-order valence-electron chi connectivity index (χ1n) is 7.07. The highest BCUT2D eigenvalue weighted by Gasteiger charge is 2.19. The summed E-state index contributed by atoms with van der Waals surface area (Å²) in [5.74, 6) is 0.963. The number of carbonyl (C=O) groups is 1. The maximum Gasteiger partial charge on any atom is 0.255 e. The highest BCUT2D eigenvalue weighted by molar-refractivity contribution is 5.94. The molecule has 3 rings (SSSR count). The van der Waals surface area contributed by atoms with Crippen LogP contribution in [0.15, 0.2) is 30.5 Å². The van der Waals surface area contributed by atoms with E-state index in [9.17, 15) is 4.79 Å². The first kappa shape index (κ1) is 12.9. The number of rotatable bonds is 2. The second kappa shape index (κ2) is 5.12. The summed E-state index contributed by atoms with van der Waals surface area (Å²) >= 11 is 0. The van der Waals surface area contributed by atoms with Gasteiger partial charge in [-0.2, -0.15) is 0 Å². The van der Waals surface area contributed by atoms with E-state index in [0.717, 1.165) is 43.1 Å². The van der Waals surface area contributed by atoms with Crippen molar-refractivity contribution in [1.82, 2.24) is 14.5 Å². The number of aryl methyl sites for hydroxylation is 2. The molecule has 4 nitrogen and oxygen atoms in total. The van der Waals surface area contributed by atoms with Crippen LogP contribution >= 0.6 is 0 Å². The zero-order chi connectivity index (χ0) is 14.1. The molecule has 4 heteroatoms. The van der Waals surface area contributed by atoms with E-state index in [-0.39, 0.29) is 5.91 Å². The van der Waals surface area contributed by atoms with Crippen LogP contribution in [-0.2, 0) is 0 Å². The molecular formula is C16H19N3O. The summed E-state index contributed by atoms with van der Waals surface area (Å²) in [5.41, 5.74) is 2.97. The molecule has 3 heterocycles. The van der Waals surface area contributed by atoms with Crippen LogP contribution in [-0.4, -0.2) is 33.4 Å². The minimum atomic E-state index is 0.0995. The van der Waals surface area contributed by atoms with Gasteiger partial charge >= 0.3 is 0 Å². The lowest BCUT2D eigenvalue weighted by molar-refractivity contribution is 0.0792. The molecule has 1 aliphatic heterocycles. The third-order valence-corrected chi connectivity index (χ3v) is 3.89. The molecule has 0 aliphatic carbocycles. The minimum Gasteiger partial charge on any atom is -0.339 e. The first-order chi connectivity index (χ1) is 9.66. The predicted molar refractivity (Wildman–Crippen MR) is 78.2 cm³/mol. The zero-order valence-electron chi connectivity index (χ0n) is 12.0. The minimum absolute atomic E-state index is 0.0995. The van der Waals surface area contributed by atoms with Crippen LogP contribution in [0, 0.1) is 13.8 Å². The SMILES string of the molecule is Cc1ccc(C)n1-c1ccc(C(=O)N2CCCC2)cn1. The smallest absolute Gasteiger partial charge is 0.255 e. The van der Waals surface area contributed by atoms with Crippen LogP contribution in [0.3, 0.4) is 0 Å². The Balaban J connectivity index is 1.86. The summed E-state index contributed by atoms with van der Waals surface area (Å²) in [5, 5.41) is 0. The molecule has 0 N–H and O–H groups in total. The van der Waals surface area contributed by atoms with Crippen molar-refractivity contribution < 1.29 is 4.79 Å². The van der Waals surface area contributed by atoms with E-state index in [1.54, 1.807) is 6.20 Å². The van der Waals surface area contributed by atoms with Crippen molar-refractivity contribution in [2.24, 2.45) is 0 Å². The Kier molecular flexibility index (Phi) is 3.30. The van der Waals surface area contributed by atoms with Crippen molar-refractivity contribution in [3.63, 3.8) is 0 Å². The number of likely N-dealkylation sites (tertiary alicyclic amines) is 1. The quantitative estimate of drug-likeness (QED) is 0.840. The molecule has 0 radical (unpaired) electrons. The van der Waals surface area contributed by atoms with Gasteiger partial charge in [0.25, 0.3) is 5.91 Å². The maximum atomic E-state index is 12.3. The maximum absolute atomic E-state index is 12.3. The molecule has 2 aromatic heterocycles. The largest absolute Gasteiger partial charge is 0.339 e. The predicted octanol–water partition coefficient (Wildman–Crippen LogP) is 2.73. The van der Waals surface area contributed by atoms with E-state index in [1.165, 1.54) is 0 Å². The van der Waals surface area contributed by atoms with E-state index >= 15 is 0 Å². The molecule has 0 unspecified atom stereocenters. The summed E-state index contributed by atoms with van der Waals surface area (Å²) < 4.78 is 2.09. The number of carbonyl (C=O) groups excluding carboxylic acids is 1. The van der Waals surface area contributed by atoms with Crippen molar-refractivity contribution in [2.75, 3.05) is 13.1 Å². The van der Waals surface area contributed by atoms with Gasteiger partial charge in [0, 0.05) is 30.7 Å². The summed E-state index contributed by atoms with van der Waals surface area (Å²) in [4.78, 5) is 18.6. The Labute approximate surface area is 119 Å². The normalized spacial score (nSPS) is 14.8. The van der Waals surface area contributed by atoms with Crippen molar-refractivity contribution in [3.8, 4) is 5.82 Å². The zero-order valence-corrected chi connectivity index (χ0v) is 12.0. The second-order valence-corrected chi connectivity index (χ2v) is 5.36. The molecule has 1 amide bonds. The summed E-state index contributed by atoms with van der Waals surface area (Å²) in [6.45, 7) is 5.85. The molecule has 1 aliphatic rings. The van der Waals surface area contributed by atoms with Gasteiger partial charge in [0.15, 0.2) is 0 Å². The fourth-order valence-electron chi connectivity index (χ4n) is 2.78. The molecule has 0 spiro atoms. The fraction of sp³-hybridized carbons (Fsp3) is 0.375. The standard InChI is InChI=1S/C16H19N3O/c1-12-5-6-13(2)19(12)15-8-7-14(11-17-15)16(20)18-9-3-4-10-18/h5-8,11H,3-4,9-10H2,1-2H3. The number of hydrogen-bond acceptors (Lipinski definition) is 2. The molecule has 1 fully saturated rings. The van der Waals surface area contributed by atoms with Crippen LogP contribution in [0.5, 0.6) is 0 Å². The van der Waals surface area contributed by atoms with E-state index in [2.05, 4.69) is 35.5 Å². The highest BCUT2D eigenvalue weighted by Crippen LogP contribution is 2.16.